The highest BCUT2D eigenvalue weighted by atomic mass is 16.4. The van der Waals surface area contributed by atoms with Crippen molar-refractivity contribution < 1.29 is 35.9 Å². The Hall–Kier alpha value is -1.22. The van der Waals surface area contributed by atoms with Crippen LogP contribution in [0.3, 0.4) is 0 Å². The van der Waals surface area contributed by atoms with E-state index in [-0.39, 0.29) is 37.2 Å². The molecule has 0 radical (unpaired) electrons. The quantitative estimate of drug-likeness (QED) is 0.421. The van der Waals surface area contributed by atoms with Crippen LogP contribution in [-0.4, -0.2) is 69.4 Å². The largest absolute Gasteiger partial charge is 0.480 e. The standard InChI is InChI=1S/C6H11NO5.2H2O/c8-2-1-7(3-5(9)10)4-6(11)12;;/h8H,1-4H2,(H,9,10)(H,11,12);2*1H2. The second-order valence-corrected chi connectivity index (χ2v) is 2.22. The summed E-state index contributed by atoms with van der Waals surface area (Å²) in [6.07, 6.45) is 0. The molecule has 0 aliphatic carbocycles. The Morgan fingerprint density at radius 1 is 1.00 bits per heavy atom. The SMILES string of the molecule is O.O.O=C(O)CN(CCO)CC(=O)O. The van der Waals surface area contributed by atoms with Crippen LogP contribution in [0.15, 0.2) is 0 Å². The predicted octanol–water partition coefficient (Wildman–Crippen LogP) is -3.20. The molecule has 0 fully saturated rings. The molecule has 0 unspecified atom stereocenters. The highest BCUT2D eigenvalue weighted by molar-refractivity contribution is 5.72. The number of rotatable bonds is 6. The van der Waals surface area contributed by atoms with Crippen molar-refractivity contribution in [3.8, 4) is 0 Å². The smallest absolute Gasteiger partial charge is 0.317 e. The molecule has 0 atom stereocenters. The van der Waals surface area contributed by atoms with Crippen molar-refractivity contribution in [1.29, 1.82) is 0 Å². The van der Waals surface area contributed by atoms with Gasteiger partial charge in [0.15, 0.2) is 0 Å². The minimum Gasteiger partial charge on any atom is -0.480 e. The molecule has 0 bridgehead atoms. The molecule has 0 aromatic heterocycles. The molecule has 0 rings (SSSR count). The summed E-state index contributed by atoms with van der Waals surface area (Å²) in [5.41, 5.74) is 0. The molecule has 0 amide bonds. The summed E-state index contributed by atoms with van der Waals surface area (Å²) < 4.78 is 0. The highest BCUT2D eigenvalue weighted by Gasteiger charge is 2.11. The van der Waals surface area contributed by atoms with E-state index in [0.717, 1.165) is 4.90 Å². The Kier molecular flexibility index (Phi) is 13.1. The first-order valence-corrected chi connectivity index (χ1v) is 3.33. The monoisotopic (exact) mass is 213 g/mol. The Morgan fingerprint density at radius 3 is 1.57 bits per heavy atom. The molecule has 0 spiro atoms. The molecular formula is C6H15NO7. The van der Waals surface area contributed by atoms with Crippen LogP contribution in [0.5, 0.6) is 0 Å². The van der Waals surface area contributed by atoms with Crippen molar-refractivity contribution in [3.05, 3.63) is 0 Å². The first-order valence-electron chi connectivity index (χ1n) is 3.33. The minimum absolute atomic E-state index is 0. The highest BCUT2D eigenvalue weighted by Crippen LogP contribution is 1.86. The van der Waals surface area contributed by atoms with Crippen LogP contribution in [0.25, 0.3) is 0 Å². The molecule has 86 valence electrons. The molecule has 7 N–H and O–H groups in total. The molecule has 0 aliphatic heterocycles. The molecule has 0 saturated heterocycles. The van der Waals surface area contributed by atoms with Gasteiger partial charge in [-0.25, -0.2) is 0 Å². The van der Waals surface area contributed by atoms with Gasteiger partial charge in [-0.1, -0.05) is 0 Å². The number of nitrogens with zero attached hydrogens (tertiary/aromatic N) is 1. The van der Waals surface area contributed by atoms with Gasteiger partial charge in [0.25, 0.3) is 0 Å². The lowest BCUT2D eigenvalue weighted by atomic mass is 10.4. The van der Waals surface area contributed by atoms with Crippen molar-refractivity contribution in [2.45, 2.75) is 0 Å². The van der Waals surface area contributed by atoms with E-state index < -0.39 is 11.9 Å². The molecule has 0 aromatic carbocycles. The number of aliphatic hydroxyl groups is 1. The summed E-state index contributed by atoms with van der Waals surface area (Å²) >= 11 is 0. The molecule has 14 heavy (non-hydrogen) atoms. The van der Waals surface area contributed by atoms with Crippen molar-refractivity contribution in [3.63, 3.8) is 0 Å². The lowest BCUT2D eigenvalue weighted by Gasteiger charge is -2.15. The van der Waals surface area contributed by atoms with Crippen LogP contribution in [0.1, 0.15) is 0 Å². The third-order valence-corrected chi connectivity index (χ3v) is 1.13. The molecule has 0 aromatic rings. The van der Waals surface area contributed by atoms with Crippen LogP contribution in [0.4, 0.5) is 0 Å². The van der Waals surface area contributed by atoms with Crippen LogP contribution in [0, 0.1) is 0 Å². The zero-order valence-electron chi connectivity index (χ0n) is 7.43. The van der Waals surface area contributed by atoms with Gasteiger partial charge in [-0.15, -0.1) is 0 Å². The van der Waals surface area contributed by atoms with E-state index in [1.165, 1.54) is 0 Å². The van der Waals surface area contributed by atoms with Gasteiger partial charge in [-0.05, 0) is 0 Å². The van der Waals surface area contributed by atoms with Crippen LogP contribution in [-0.2, 0) is 9.59 Å². The van der Waals surface area contributed by atoms with Crippen molar-refractivity contribution in [1.82, 2.24) is 4.90 Å². The van der Waals surface area contributed by atoms with Crippen molar-refractivity contribution >= 4 is 11.9 Å². The van der Waals surface area contributed by atoms with Gasteiger partial charge in [-0.2, -0.15) is 0 Å². The minimum atomic E-state index is -1.11. The maximum atomic E-state index is 10.1. The molecule has 0 aliphatic rings. The van der Waals surface area contributed by atoms with Crippen LogP contribution < -0.4 is 0 Å². The van der Waals surface area contributed by atoms with Crippen LogP contribution in [0.2, 0.25) is 0 Å². The van der Waals surface area contributed by atoms with Gasteiger partial charge in [0.1, 0.15) is 0 Å². The second kappa shape index (κ2) is 9.86. The Balaban J connectivity index is -0.000000605. The Morgan fingerprint density at radius 2 is 1.36 bits per heavy atom. The first-order chi connectivity index (χ1) is 5.56. The average Bonchev–Trinajstić information content (AvgIpc) is 1.84. The fourth-order valence-corrected chi connectivity index (χ4v) is 0.738. The Labute approximate surface area is 80.0 Å². The van der Waals surface area contributed by atoms with Crippen molar-refractivity contribution in [2.75, 3.05) is 26.2 Å². The van der Waals surface area contributed by atoms with E-state index in [0.29, 0.717) is 0 Å². The van der Waals surface area contributed by atoms with Gasteiger partial charge in [-0.3, -0.25) is 14.5 Å². The normalized spacial score (nSPS) is 8.71. The number of aliphatic hydroxyl groups excluding tert-OH is 1. The summed E-state index contributed by atoms with van der Waals surface area (Å²) in [5.74, 6) is -2.21. The van der Waals surface area contributed by atoms with Gasteiger partial charge < -0.3 is 26.3 Å². The average molecular weight is 213 g/mol. The van der Waals surface area contributed by atoms with Gasteiger partial charge >= 0.3 is 11.9 Å². The number of hydrogen-bond donors (Lipinski definition) is 3. The summed E-state index contributed by atoms with van der Waals surface area (Å²) in [7, 11) is 0. The zero-order valence-corrected chi connectivity index (χ0v) is 7.43. The lowest BCUT2D eigenvalue weighted by molar-refractivity contribution is -0.141. The Bertz CT molecular complexity index is 156. The predicted molar refractivity (Wildman–Crippen MR) is 46.0 cm³/mol. The molecular weight excluding hydrogens is 198 g/mol. The molecule has 0 saturated carbocycles. The fraction of sp³-hybridized carbons (Fsp3) is 0.667. The molecule has 8 heteroatoms. The molecule has 0 heterocycles. The van der Waals surface area contributed by atoms with E-state index in [9.17, 15) is 9.59 Å². The summed E-state index contributed by atoms with van der Waals surface area (Å²) in [6.45, 7) is -0.932. The number of carboxylic acid groups (broad SMARTS) is 2. The first kappa shape index (κ1) is 18.5. The van der Waals surface area contributed by atoms with Gasteiger partial charge in [0, 0.05) is 6.54 Å². The van der Waals surface area contributed by atoms with E-state index in [4.69, 9.17) is 15.3 Å². The second-order valence-electron chi connectivity index (χ2n) is 2.22. The number of hydrogen-bond acceptors (Lipinski definition) is 4. The fourth-order valence-electron chi connectivity index (χ4n) is 0.738. The number of aliphatic carboxylic acids is 2. The molecule has 8 nitrogen and oxygen atoms in total. The summed E-state index contributed by atoms with van der Waals surface area (Å²) in [4.78, 5) is 21.4. The van der Waals surface area contributed by atoms with Gasteiger partial charge in [0.2, 0.25) is 0 Å². The van der Waals surface area contributed by atoms with E-state index in [1.54, 1.807) is 0 Å². The number of carboxylic acids is 2. The van der Waals surface area contributed by atoms with Crippen molar-refractivity contribution in [2.24, 2.45) is 0 Å². The third-order valence-electron chi connectivity index (χ3n) is 1.13. The topological polar surface area (TPSA) is 161 Å². The maximum absolute atomic E-state index is 10.1. The maximum Gasteiger partial charge on any atom is 0.317 e. The van der Waals surface area contributed by atoms with Crippen LogP contribution >= 0.6 is 0 Å². The van der Waals surface area contributed by atoms with E-state index in [2.05, 4.69) is 0 Å². The third kappa shape index (κ3) is 10.8. The summed E-state index contributed by atoms with van der Waals surface area (Å²) in [6, 6.07) is 0. The summed E-state index contributed by atoms with van der Waals surface area (Å²) in [5, 5.41) is 25.0. The number of carbonyl (C=O) groups is 2. The zero-order chi connectivity index (χ0) is 9.56. The van der Waals surface area contributed by atoms with E-state index in [1.807, 2.05) is 0 Å². The lowest BCUT2D eigenvalue weighted by Crippen LogP contribution is -2.36. The van der Waals surface area contributed by atoms with E-state index >= 15 is 0 Å². The van der Waals surface area contributed by atoms with Gasteiger partial charge in [0.05, 0.1) is 19.7 Å².